The summed E-state index contributed by atoms with van der Waals surface area (Å²) in [5.74, 6) is -1.13. The van der Waals surface area contributed by atoms with Crippen LogP contribution in [0.15, 0.2) is 12.1 Å². The van der Waals surface area contributed by atoms with Gasteiger partial charge in [-0.05, 0) is 18.6 Å². The molecule has 0 aromatic carbocycles. The van der Waals surface area contributed by atoms with Crippen molar-refractivity contribution in [3.05, 3.63) is 21.9 Å². The van der Waals surface area contributed by atoms with Crippen LogP contribution in [0.4, 0.5) is 0 Å². The second-order valence-electron chi connectivity index (χ2n) is 5.46. The zero-order chi connectivity index (χ0) is 20.3. The molecule has 146 valence electrons. The smallest absolute Gasteiger partial charge is 0.348 e. The number of rotatable bonds is 11. The van der Waals surface area contributed by atoms with E-state index in [0.717, 1.165) is 22.5 Å². The molecule has 1 amide bonds. The molecule has 0 unspecified atom stereocenters. The molecule has 0 aliphatic carbocycles. The molecule has 1 rings (SSSR count). The molecule has 11 heteroatoms. The van der Waals surface area contributed by atoms with Crippen LogP contribution in [0.25, 0.3) is 0 Å². The SMILES string of the molecule is CS(=O)(=O)NCCc1ccc(C(=O)OCC(=O)N(CCC#N)CCC#N)s1. The predicted molar refractivity (Wildman–Crippen MR) is 98.2 cm³/mol. The Morgan fingerprint density at radius 1 is 1.22 bits per heavy atom. The highest BCUT2D eigenvalue weighted by Crippen LogP contribution is 2.18. The lowest BCUT2D eigenvalue weighted by Gasteiger charge is -2.19. The lowest BCUT2D eigenvalue weighted by Crippen LogP contribution is -2.36. The highest BCUT2D eigenvalue weighted by Gasteiger charge is 2.17. The number of hydrogen-bond donors (Lipinski definition) is 1. The van der Waals surface area contributed by atoms with Crippen molar-refractivity contribution in [1.82, 2.24) is 9.62 Å². The second kappa shape index (κ2) is 11.3. The molecule has 0 fully saturated rings. The summed E-state index contributed by atoms with van der Waals surface area (Å²) < 4.78 is 29.4. The molecule has 0 bridgehead atoms. The molecule has 0 spiro atoms. The lowest BCUT2D eigenvalue weighted by molar-refractivity contribution is -0.134. The highest BCUT2D eigenvalue weighted by molar-refractivity contribution is 7.88. The molecule has 1 heterocycles. The van der Waals surface area contributed by atoms with Crippen molar-refractivity contribution in [3.8, 4) is 12.1 Å². The summed E-state index contributed by atoms with van der Waals surface area (Å²) >= 11 is 1.16. The first kappa shape index (κ1) is 22.6. The van der Waals surface area contributed by atoms with Crippen LogP contribution in [0, 0.1) is 22.7 Å². The van der Waals surface area contributed by atoms with E-state index in [-0.39, 0.29) is 32.5 Å². The first-order valence-electron chi connectivity index (χ1n) is 7.99. The minimum Gasteiger partial charge on any atom is -0.451 e. The fourth-order valence-electron chi connectivity index (χ4n) is 2.00. The summed E-state index contributed by atoms with van der Waals surface area (Å²) in [6.45, 7) is 0.0910. The van der Waals surface area contributed by atoms with Gasteiger partial charge in [0.25, 0.3) is 5.91 Å². The fourth-order valence-corrected chi connectivity index (χ4v) is 3.38. The van der Waals surface area contributed by atoms with Gasteiger partial charge in [0.05, 0.1) is 31.2 Å². The van der Waals surface area contributed by atoms with E-state index in [2.05, 4.69) is 4.72 Å². The van der Waals surface area contributed by atoms with Gasteiger partial charge in [0.1, 0.15) is 4.88 Å². The molecular formula is C16H20N4O5S2. The van der Waals surface area contributed by atoms with Crippen LogP contribution in [0.5, 0.6) is 0 Å². The highest BCUT2D eigenvalue weighted by atomic mass is 32.2. The molecule has 0 atom stereocenters. The Morgan fingerprint density at radius 3 is 2.41 bits per heavy atom. The van der Waals surface area contributed by atoms with Gasteiger partial charge in [-0.3, -0.25) is 4.79 Å². The number of nitrogens with one attached hydrogen (secondary N) is 1. The number of sulfonamides is 1. The van der Waals surface area contributed by atoms with Gasteiger partial charge in [-0.15, -0.1) is 11.3 Å². The van der Waals surface area contributed by atoms with Crippen LogP contribution in [0.3, 0.4) is 0 Å². The van der Waals surface area contributed by atoms with Crippen LogP contribution in [-0.4, -0.2) is 57.7 Å². The van der Waals surface area contributed by atoms with Crippen LogP contribution in [0.2, 0.25) is 0 Å². The molecular weight excluding hydrogens is 392 g/mol. The minimum atomic E-state index is -3.26. The van der Waals surface area contributed by atoms with Crippen molar-refractivity contribution in [2.75, 3.05) is 32.5 Å². The quantitative estimate of drug-likeness (QED) is 0.526. The molecule has 0 radical (unpaired) electrons. The van der Waals surface area contributed by atoms with Crippen molar-refractivity contribution in [2.24, 2.45) is 0 Å². The number of carbonyl (C=O) groups excluding carboxylic acids is 2. The molecule has 0 saturated heterocycles. The van der Waals surface area contributed by atoms with Crippen molar-refractivity contribution >= 4 is 33.2 Å². The molecule has 1 aromatic rings. The maximum Gasteiger partial charge on any atom is 0.348 e. The van der Waals surface area contributed by atoms with E-state index in [1.165, 1.54) is 4.90 Å². The van der Waals surface area contributed by atoms with Crippen molar-refractivity contribution in [1.29, 1.82) is 10.5 Å². The first-order valence-corrected chi connectivity index (χ1v) is 10.7. The number of ether oxygens (including phenoxy) is 1. The normalized spacial score (nSPS) is 10.6. The maximum atomic E-state index is 12.1. The predicted octanol–water partition coefficient (Wildman–Crippen LogP) is 0.653. The van der Waals surface area contributed by atoms with Crippen molar-refractivity contribution < 1.29 is 22.7 Å². The van der Waals surface area contributed by atoms with E-state index in [9.17, 15) is 18.0 Å². The summed E-state index contributed by atoms with van der Waals surface area (Å²) in [7, 11) is -3.26. The number of nitrogens with zero attached hydrogens (tertiary/aromatic N) is 3. The molecule has 1 aromatic heterocycles. The summed E-state index contributed by atoms with van der Waals surface area (Å²) in [5, 5.41) is 17.2. The number of hydrogen-bond acceptors (Lipinski definition) is 8. The van der Waals surface area contributed by atoms with E-state index in [4.69, 9.17) is 15.3 Å². The summed E-state index contributed by atoms with van der Waals surface area (Å²) in [5.41, 5.74) is 0. The second-order valence-corrected chi connectivity index (χ2v) is 8.46. The van der Waals surface area contributed by atoms with Gasteiger partial charge in [0, 0.05) is 24.5 Å². The third-order valence-corrected chi connectivity index (χ3v) is 5.12. The van der Waals surface area contributed by atoms with Crippen LogP contribution in [0.1, 0.15) is 27.4 Å². The van der Waals surface area contributed by atoms with Gasteiger partial charge in [-0.1, -0.05) is 0 Å². The third-order valence-electron chi connectivity index (χ3n) is 3.26. The van der Waals surface area contributed by atoms with Gasteiger partial charge < -0.3 is 9.64 Å². The maximum absolute atomic E-state index is 12.1. The van der Waals surface area contributed by atoms with Gasteiger partial charge in [-0.2, -0.15) is 10.5 Å². The van der Waals surface area contributed by atoms with E-state index in [0.29, 0.717) is 11.3 Å². The Bertz CT molecular complexity index is 818. The molecule has 0 aliphatic heterocycles. The number of amides is 1. The number of esters is 1. The zero-order valence-electron chi connectivity index (χ0n) is 14.8. The lowest BCUT2D eigenvalue weighted by atomic mass is 10.3. The Hall–Kier alpha value is -2.47. The Kier molecular flexibility index (Phi) is 9.44. The van der Waals surface area contributed by atoms with Gasteiger partial charge in [0.2, 0.25) is 10.0 Å². The molecule has 1 N–H and O–H groups in total. The van der Waals surface area contributed by atoms with Gasteiger partial charge in [-0.25, -0.2) is 17.9 Å². The summed E-state index contributed by atoms with van der Waals surface area (Å²) in [4.78, 5) is 26.6. The molecule has 0 saturated carbocycles. The molecule has 0 aliphatic rings. The Balaban J connectivity index is 2.52. The number of carbonyl (C=O) groups is 2. The average Bonchev–Trinajstić information content (AvgIpc) is 3.07. The topological polar surface area (TPSA) is 140 Å². The van der Waals surface area contributed by atoms with Crippen molar-refractivity contribution in [2.45, 2.75) is 19.3 Å². The van der Waals surface area contributed by atoms with Crippen LogP contribution < -0.4 is 4.72 Å². The summed E-state index contributed by atoms with van der Waals surface area (Å²) in [6.07, 6.45) is 1.75. The number of thiophene rings is 1. The zero-order valence-corrected chi connectivity index (χ0v) is 16.4. The van der Waals surface area contributed by atoms with Crippen molar-refractivity contribution in [3.63, 3.8) is 0 Å². The average molecular weight is 412 g/mol. The minimum absolute atomic E-state index is 0.126. The third kappa shape index (κ3) is 9.15. The first-order chi connectivity index (χ1) is 12.8. The van der Waals surface area contributed by atoms with Crippen LogP contribution in [-0.2, 0) is 26.0 Å². The van der Waals surface area contributed by atoms with E-state index in [1.54, 1.807) is 12.1 Å². The number of nitriles is 2. The molecule has 9 nitrogen and oxygen atoms in total. The monoisotopic (exact) mass is 412 g/mol. The fraction of sp³-hybridized carbons (Fsp3) is 0.500. The summed E-state index contributed by atoms with van der Waals surface area (Å²) in [6, 6.07) is 7.09. The Morgan fingerprint density at radius 2 is 1.85 bits per heavy atom. The molecule has 27 heavy (non-hydrogen) atoms. The van der Waals surface area contributed by atoms with E-state index in [1.807, 2.05) is 12.1 Å². The van der Waals surface area contributed by atoms with E-state index >= 15 is 0 Å². The van der Waals surface area contributed by atoms with Crippen LogP contribution >= 0.6 is 11.3 Å². The van der Waals surface area contributed by atoms with Gasteiger partial charge in [0.15, 0.2) is 6.61 Å². The standard InChI is InChI=1S/C16H20N4O5S2/c1-27(23,24)19-9-6-13-4-5-14(26-13)16(22)25-12-15(21)20(10-2-7-17)11-3-8-18/h4-5,19H,2-3,6,9-12H2,1H3. The largest absolute Gasteiger partial charge is 0.451 e. The Labute approximate surface area is 162 Å². The van der Waals surface area contributed by atoms with Gasteiger partial charge >= 0.3 is 5.97 Å². The van der Waals surface area contributed by atoms with E-state index < -0.39 is 28.5 Å².